The van der Waals surface area contributed by atoms with Crippen LogP contribution in [0, 0.1) is 5.92 Å². The van der Waals surface area contributed by atoms with Crippen molar-refractivity contribution >= 4 is 34.4 Å². The summed E-state index contributed by atoms with van der Waals surface area (Å²) < 4.78 is 7.98. The topological polar surface area (TPSA) is 66.8 Å². The van der Waals surface area contributed by atoms with Crippen LogP contribution in [0.25, 0.3) is 10.9 Å². The van der Waals surface area contributed by atoms with Gasteiger partial charge in [0.2, 0.25) is 5.91 Å². The van der Waals surface area contributed by atoms with Crippen molar-refractivity contribution in [1.29, 1.82) is 0 Å². The molecule has 6 rings (SSSR count). The van der Waals surface area contributed by atoms with Gasteiger partial charge in [0.05, 0.1) is 12.1 Å². The molecule has 2 atom stereocenters. The van der Waals surface area contributed by atoms with Gasteiger partial charge in [0.15, 0.2) is 0 Å². The maximum absolute atomic E-state index is 13.1. The van der Waals surface area contributed by atoms with E-state index in [1.807, 2.05) is 15.9 Å². The predicted octanol–water partition coefficient (Wildman–Crippen LogP) is 2.81. The van der Waals surface area contributed by atoms with E-state index in [2.05, 4.69) is 28.2 Å². The summed E-state index contributed by atoms with van der Waals surface area (Å²) in [5.74, 6) is 1.03. The molecular formula is C23H27ClN4O3. The Morgan fingerprint density at radius 1 is 1.16 bits per heavy atom. The summed E-state index contributed by atoms with van der Waals surface area (Å²) in [6.45, 7) is 3.83. The average Bonchev–Trinajstić information content (AvgIpc) is 3.48. The summed E-state index contributed by atoms with van der Waals surface area (Å²) in [5, 5.41) is 4.94. The second-order valence-electron chi connectivity index (χ2n) is 9.48. The van der Waals surface area contributed by atoms with E-state index < -0.39 is 0 Å². The molecule has 4 aliphatic rings. The minimum Gasteiger partial charge on any atom is -0.366 e. The van der Waals surface area contributed by atoms with Gasteiger partial charge in [-0.05, 0) is 48.9 Å². The fourth-order valence-electron chi connectivity index (χ4n) is 5.26. The molecule has 0 bridgehead atoms. The lowest BCUT2D eigenvalue weighted by atomic mass is 9.91. The van der Waals surface area contributed by atoms with Crippen LogP contribution in [0.3, 0.4) is 0 Å². The number of ether oxygens (including phenoxy) is 1. The number of carbonyl (C=O) groups is 2. The lowest BCUT2D eigenvalue weighted by Gasteiger charge is -2.46. The van der Waals surface area contributed by atoms with Gasteiger partial charge < -0.3 is 24.4 Å². The molecule has 3 saturated heterocycles. The number of halogens is 1. The van der Waals surface area contributed by atoms with Crippen molar-refractivity contribution in [2.24, 2.45) is 5.92 Å². The lowest BCUT2D eigenvalue weighted by molar-refractivity contribution is -0.139. The first kappa shape index (κ1) is 19.4. The number of benzene rings is 1. The molecule has 164 valence electrons. The highest BCUT2D eigenvalue weighted by molar-refractivity contribution is 6.31. The number of nitrogens with zero attached hydrogens (tertiary/aromatic N) is 3. The number of amides is 3. The van der Waals surface area contributed by atoms with Crippen molar-refractivity contribution in [3.63, 3.8) is 0 Å². The number of morpholine rings is 1. The van der Waals surface area contributed by atoms with Gasteiger partial charge in [-0.1, -0.05) is 11.6 Å². The van der Waals surface area contributed by atoms with Crippen LogP contribution < -0.4 is 5.32 Å². The third-order valence-electron chi connectivity index (χ3n) is 7.21. The molecule has 4 fully saturated rings. The van der Waals surface area contributed by atoms with E-state index in [4.69, 9.17) is 16.3 Å². The van der Waals surface area contributed by atoms with Crippen molar-refractivity contribution in [2.75, 3.05) is 32.8 Å². The number of piperidine rings is 1. The van der Waals surface area contributed by atoms with Crippen LogP contribution in [-0.4, -0.2) is 71.2 Å². The molecule has 3 aliphatic heterocycles. The summed E-state index contributed by atoms with van der Waals surface area (Å²) in [5.41, 5.74) is 2.54. The van der Waals surface area contributed by atoms with Crippen molar-refractivity contribution < 1.29 is 14.3 Å². The molecule has 1 aromatic heterocycles. The molecule has 1 aliphatic carbocycles. The number of carbonyl (C=O) groups excluding carboxylic acids is 2. The summed E-state index contributed by atoms with van der Waals surface area (Å²) in [7, 11) is 0. The van der Waals surface area contributed by atoms with E-state index in [-0.39, 0.29) is 30.7 Å². The quantitative estimate of drug-likeness (QED) is 0.794. The van der Waals surface area contributed by atoms with E-state index in [1.165, 1.54) is 29.3 Å². The third-order valence-corrected chi connectivity index (χ3v) is 7.45. The van der Waals surface area contributed by atoms with Crippen molar-refractivity contribution in [2.45, 2.75) is 43.9 Å². The largest absolute Gasteiger partial charge is 0.366 e. The molecule has 1 N–H and O–H groups in total. The second kappa shape index (κ2) is 7.41. The normalized spacial score (nSPS) is 26.5. The Hall–Kier alpha value is -2.25. The number of rotatable bonds is 3. The van der Waals surface area contributed by atoms with Gasteiger partial charge in [-0.2, -0.15) is 0 Å². The zero-order chi connectivity index (χ0) is 21.1. The van der Waals surface area contributed by atoms with Crippen molar-refractivity contribution in [1.82, 2.24) is 19.7 Å². The minimum atomic E-state index is -0.0986. The van der Waals surface area contributed by atoms with Gasteiger partial charge in [0.1, 0.15) is 6.61 Å². The number of nitrogens with one attached hydrogen (secondary N) is 1. The van der Waals surface area contributed by atoms with E-state index in [0.717, 1.165) is 37.0 Å². The SMILES string of the molecule is O=C1COC2CCN(C(=O)N3CC(c4cn(CC5CC5)c5ccc(Cl)cc45)C3)CC2N1. The van der Waals surface area contributed by atoms with Crippen LogP contribution in [0.2, 0.25) is 5.02 Å². The molecule has 1 saturated carbocycles. The average molecular weight is 443 g/mol. The van der Waals surface area contributed by atoms with Crippen LogP contribution in [-0.2, 0) is 16.1 Å². The molecule has 3 amide bonds. The van der Waals surface area contributed by atoms with Gasteiger partial charge in [-0.25, -0.2) is 4.79 Å². The number of aromatic nitrogens is 1. The highest BCUT2D eigenvalue weighted by Crippen LogP contribution is 2.38. The van der Waals surface area contributed by atoms with Crippen LogP contribution in [0.1, 0.15) is 30.7 Å². The van der Waals surface area contributed by atoms with Crippen molar-refractivity contribution in [3.05, 3.63) is 35.0 Å². The Bertz CT molecular complexity index is 1040. The van der Waals surface area contributed by atoms with Crippen LogP contribution >= 0.6 is 11.6 Å². The summed E-state index contributed by atoms with van der Waals surface area (Å²) >= 11 is 6.31. The Labute approximate surface area is 186 Å². The molecule has 2 aromatic rings. The van der Waals surface area contributed by atoms with Gasteiger partial charge in [0.25, 0.3) is 0 Å². The van der Waals surface area contributed by atoms with Gasteiger partial charge in [-0.15, -0.1) is 0 Å². The van der Waals surface area contributed by atoms with Gasteiger partial charge >= 0.3 is 6.03 Å². The molecule has 2 unspecified atom stereocenters. The highest BCUT2D eigenvalue weighted by Gasteiger charge is 2.41. The Morgan fingerprint density at radius 3 is 2.81 bits per heavy atom. The molecule has 8 heteroatoms. The number of hydrogen-bond donors (Lipinski definition) is 1. The molecule has 7 nitrogen and oxygen atoms in total. The molecule has 0 spiro atoms. The summed E-state index contributed by atoms with van der Waals surface area (Å²) in [6.07, 6.45) is 5.70. The maximum Gasteiger partial charge on any atom is 0.320 e. The molecule has 1 aromatic carbocycles. The zero-order valence-electron chi connectivity index (χ0n) is 17.4. The Kier molecular flexibility index (Phi) is 4.65. The number of hydrogen-bond acceptors (Lipinski definition) is 3. The van der Waals surface area contributed by atoms with Crippen LogP contribution in [0.4, 0.5) is 4.79 Å². The van der Waals surface area contributed by atoms with Gasteiger partial charge in [-0.3, -0.25) is 4.79 Å². The maximum atomic E-state index is 13.1. The zero-order valence-corrected chi connectivity index (χ0v) is 18.2. The summed E-state index contributed by atoms with van der Waals surface area (Å²) in [6, 6.07) is 6.12. The number of urea groups is 1. The fraction of sp³-hybridized carbons (Fsp3) is 0.565. The number of likely N-dealkylation sites (tertiary alicyclic amines) is 2. The third kappa shape index (κ3) is 3.57. The first-order valence-electron chi connectivity index (χ1n) is 11.3. The fourth-order valence-corrected chi connectivity index (χ4v) is 5.43. The number of fused-ring (bicyclic) bond motifs is 2. The standard InChI is InChI=1S/C23H27ClN4O3/c24-16-3-4-20-17(7-16)18(11-27(20)8-14-1-2-14)15-9-28(10-15)23(30)26-6-5-21-19(12-26)25-22(29)13-31-21/h3-4,7,11,14-15,19,21H,1-2,5-6,8-10,12-13H2,(H,25,29). The van der Waals surface area contributed by atoms with Gasteiger partial charge in [0, 0.05) is 60.8 Å². The Balaban J connectivity index is 1.15. The van der Waals surface area contributed by atoms with E-state index in [1.54, 1.807) is 0 Å². The molecular weight excluding hydrogens is 416 g/mol. The summed E-state index contributed by atoms with van der Waals surface area (Å²) in [4.78, 5) is 28.5. The van der Waals surface area contributed by atoms with Crippen LogP contribution in [0.15, 0.2) is 24.4 Å². The smallest absolute Gasteiger partial charge is 0.320 e. The Morgan fingerprint density at radius 2 is 2.00 bits per heavy atom. The minimum absolute atomic E-state index is 0.0215. The first-order valence-corrected chi connectivity index (χ1v) is 11.7. The van der Waals surface area contributed by atoms with Crippen LogP contribution in [0.5, 0.6) is 0 Å². The predicted molar refractivity (Wildman–Crippen MR) is 117 cm³/mol. The van der Waals surface area contributed by atoms with E-state index in [0.29, 0.717) is 19.0 Å². The molecule has 4 heterocycles. The second-order valence-corrected chi connectivity index (χ2v) is 9.92. The molecule has 31 heavy (non-hydrogen) atoms. The molecule has 0 radical (unpaired) electrons. The first-order chi connectivity index (χ1) is 15.0. The van der Waals surface area contributed by atoms with E-state index >= 15 is 0 Å². The highest BCUT2D eigenvalue weighted by atomic mass is 35.5. The lowest BCUT2D eigenvalue weighted by Crippen LogP contribution is -2.63. The van der Waals surface area contributed by atoms with Crippen molar-refractivity contribution in [3.8, 4) is 0 Å². The monoisotopic (exact) mass is 442 g/mol. The van der Waals surface area contributed by atoms with E-state index in [9.17, 15) is 9.59 Å².